The molecule has 0 heterocycles. The van der Waals surface area contributed by atoms with Crippen LogP contribution in [0.25, 0.3) is 0 Å². The minimum Gasteiger partial charge on any atom is -0.501 e. The smallest absolute Gasteiger partial charge is 0.233 e. The van der Waals surface area contributed by atoms with Gasteiger partial charge in [0.1, 0.15) is 0 Å². The molecule has 21 heavy (non-hydrogen) atoms. The van der Waals surface area contributed by atoms with E-state index in [-0.39, 0.29) is 11.1 Å². The van der Waals surface area contributed by atoms with E-state index in [2.05, 4.69) is 0 Å². The molecule has 5 heteroatoms. The van der Waals surface area contributed by atoms with E-state index in [1.165, 1.54) is 17.8 Å². The summed E-state index contributed by atoms with van der Waals surface area (Å²) in [6.45, 7) is 0. The van der Waals surface area contributed by atoms with Crippen molar-refractivity contribution in [1.29, 1.82) is 0 Å². The predicted octanol–water partition coefficient (Wildman–Crippen LogP) is 3.54. The monoisotopic (exact) mass is 298 g/mol. The molecule has 0 spiro atoms. The second-order valence-corrected chi connectivity index (χ2v) is 5.56. The third kappa shape index (κ3) is 2.21. The topological polar surface area (TPSA) is 74.6 Å². The van der Waals surface area contributed by atoms with Gasteiger partial charge in [0, 0.05) is 15.4 Å². The number of benzene rings is 2. The van der Waals surface area contributed by atoms with Gasteiger partial charge in [-0.3, -0.25) is 9.59 Å². The normalized spacial score (nSPS) is 14.3. The molecular weight excluding hydrogens is 288 g/mol. The highest BCUT2D eigenvalue weighted by Crippen LogP contribution is 2.35. The molecule has 4 nitrogen and oxygen atoms in total. The highest BCUT2D eigenvalue weighted by Gasteiger charge is 2.34. The Morgan fingerprint density at radius 2 is 1.43 bits per heavy atom. The number of carbonyl (C=O) groups is 2. The van der Waals surface area contributed by atoms with Crippen molar-refractivity contribution in [3.05, 3.63) is 71.2 Å². The van der Waals surface area contributed by atoms with Crippen molar-refractivity contribution in [1.82, 2.24) is 0 Å². The molecule has 1 aliphatic rings. The number of allylic oxidation sites excluding steroid dienone is 2. The van der Waals surface area contributed by atoms with Crippen LogP contribution in [0.1, 0.15) is 20.7 Å². The number of carbonyl (C=O) groups excluding carboxylic acids is 2. The lowest BCUT2D eigenvalue weighted by atomic mass is 9.92. The Kier molecular flexibility index (Phi) is 3.27. The third-order valence-corrected chi connectivity index (χ3v) is 4.19. The van der Waals surface area contributed by atoms with Gasteiger partial charge in [-0.05, 0) is 18.2 Å². The van der Waals surface area contributed by atoms with Crippen molar-refractivity contribution in [2.75, 3.05) is 0 Å². The number of aliphatic hydroxyl groups is 2. The lowest BCUT2D eigenvalue weighted by Gasteiger charge is -2.17. The fourth-order valence-corrected chi connectivity index (χ4v) is 3.11. The van der Waals surface area contributed by atoms with Gasteiger partial charge in [0.25, 0.3) is 0 Å². The van der Waals surface area contributed by atoms with Crippen molar-refractivity contribution < 1.29 is 19.8 Å². The van der Waals surface area contributed by atoms with Crippen molar-refractivity contribution in [2.24, 2.45) is 0 Å². The van der Waals surface area contributed by atoms with Crippen LogP contribution < -0.4 is 0 Å². The van der Waals surface area contributed by atoms with Gasteiger partial charge in [0.2, 0.25) is 23.1 Å². The minimum atomic E-state index is -0.895. The molecule has 0 radical (unpaired) electrons. The average Bonchev–Trinajstić information content (AvgIpc) is 2.51. The summed E-state index contributed by atoms with van der Waals surface area (Å²) in [6.07, 6.45) is 0. The Morgan fingerprint density at radius 3 is 2.14 bits per heavy atom. The lowest BCUT2D eigenvalue weighted by Crippen LogP contribution is -2.22. The van der Waals surface area contributed by atoms with Crippen LogP contribution in [0.15, 0.2) is 69.8 Å². The fourth-order valence-electron chi connectivity index (χ4n) is 2.12. The first-order chi connectivity index (χ1) is 10.1. The molecule has 0 amide bonds. The van der Waals surface area contributed by atoms with Gasteiger partial charge in [0.15, 0.2) is 0 Å². The van der Waals surface area contributed by atoms with Gasteiger partial charge in [0.05, 0.1) is 5.56 Å². The summed E-state index contributed by atoms with van der Waals surface area (Å²) in [5.41, 5.74) is 0.239. The molecule has 2 aromatic rings. The summed E-state index contributed by atoms with van der Waals surface area (Å²) in [4.78, 5) is 25.6. The highest BCUT2D eigenvalue weighted by atomic mass is 32.2. The molecule has 1 aliphatic carbocycles. The van der Waals surface area contributed by atoms with Crippen LogP contribution in [-0.2, 0) is 0 Å². The van der Waals surface area contributed by atoms with Crippen molar-refractivity contribution in [2.45, 2.75) is 9.79 Å². The molecule has 0 aromatic heterocycles. The molecule has 3 rings (SSSR count). The molecule has 0 aliphatic heterocycles. The van der Waals surface area contributed by atoms with E-state index in [9.17, 15) is 19.8 Å². The van der Waals surface area contributed by atoms with E-state index in [1.54, 1.807) is 12.1 Å². The van der Waals surface area contributed by atoms with E-state index in [0.29, 0.717) is 4.90 Å². The maximum absolute atomic E-state index is 12.2. The van der Waals surface area contributed by atoms with Crippen molar-refractivity contribution >= 4 is 23.3 Å². The lowest BCUT2D eigenvalue weighted by molar-refractivity contribution is 0.0878. The summed E-state index contributed by atoms with van der Waals surface area (Å²) in [6, 6.07) is 14.2. The number of ketones is 2. The zero-order valence-corrected chi connectivity index (χ0v) is 11.6. The average molecular weight is 298 g/mol. The molecular formula is C16H10O4S. The van der Waals surface area contributed by atoms with E-state index in [0.717, 1.165) is 4.90 Å². The van der Waals surface area contributed by atoms with Crippen LogP contribution in [0, 0.1) is 0 Å². The fraction of sp³-hybridized carbons (Fsp3) is 0. The first-order valence-electron chi connectivity index (χ1n) is 6.17. The number of Topliss-reactive ketones (excluding diaryl/α,β-unsaturated/α-hetero) is 2. The van der Waals surface area contributed by atoms with Crippen LogP contribution in [0.2, 0.25) is 0 Å². The standard InChI is InChI=1S/C16H10O4S/c17-13-10-7-4-8-11(21-9-5-2-1-3-6-9)12(10)14(18)16(20)15(13)19/h1-8,19-20H. The summed E-state index contributed by atoms with van der Waals surface area (Å²) in [7, 11) is 0. The van der Waals surface area contributed by atoms with Crippen molar-refractivity contribution in [3.63, 3.8) is 0 Å². The third-order valence-electron chi connectivity index (χ3n) is 3.12. The van der Waals surface area contributed by atoms with Crippen molar-refractivity contribution in [3.8, 4) is 0 Å². The first-order valence-corrected chi connectivity index (χ1v) is 6.98. The summed E-state index contributed by atoms with van der Waals surface area (Å²) in [5.74, 6) is -3.26. The minimum absolute atomic E-state index is 0.108. The van der Waals surface area contributed by atoms with Gasteiger partial charge in [-0.25, -0.2) is 0 Å². The Morgan fingerprint density at radius 1 is 0.762 bits per heavy atom. The quantitative estimate of drug-likeness (QED) is 0.887. The van der Waals surface area contributed by atoms with Gasteiger partial charge in [-0.1, -0.05) is 42.1 Å². The van der Waals surface area contributed by atoms with E-state index in [4.69, 9.17) is 0 Å². The van der Waals surface area contributed by atoms with Crippen LogP contribution >= 0.6 is 11.8 Å². The number of fused-ring (bicyclic) bond motifs is 1. The molecule has 104 valence electrons. The molecule has 0 saturated carbocycles. The zero-order chi connectivity index (χ0) is 15.0. The number of hydrogen-bond donors (Lipinski definition) is 2. The Labute approximate surface area is 124 Å². The molecule has 0 saturated heterocycles. The van der Waals surface area contributed by atoms with E-state index >= 15 is 0 Å². The van der Waals surface area contributed by atoms with Crippen LogP contribution in [0.3, 0.4) is 0 Å². The first kappa shape index (κ1) is 13.5. The largest absolute Gasteiger partial charge is 0.501 e. The maximum Gasteiger partial charge on any atom is 0.233 e. The van der Waals surface area contributed by atoms with Gasteiger partial charge in [-0.2, -0.15) is 0 Å². The highest BCUT2D eigenvalue weighted by molar-refractivity contribution is 7.99. The molecule has 0 atom stereocenters. The second-order valence-electron chi connectivity index (χ2n) is 4.45. The Hall–Kier alpha value is -2.53. The predicted molar refractivity (Wildman–Crippen MR) is 78.0 cm³/mol. The van der Waals surface area contributed by atoms with Crippen LogP contribution in [0.5, 0.6) is 0 Å². The van der Waals surface area contributed by atoms with E-state index in [1.807, 2.05) is 30.3 Å². The van der Waals surface area contributed by atoms with Crippen LogP contribution in [-0.4, -0.2) is 21.8 Å². The second kappa shape index (κ2) is 5.10. The molecule has 2 N–H and O–H groups in total. The number of rotatable bonds is 2. The molecule has 0 fully saturated rings. The van der Waals surface area contributed by atoms with E-state index < -0.39 is 23.1 Å². The Balaban J connectivity index is 2.12. The van der Waals surface area contributed by atoms with Crippen LogP contribution in [0.4, 0.5) is 0 Å². The summed E-state index contributed by atoms with van der Waals surface area (Å²) < 4.78 is 0. The van der Waals surface area contributed by atoms with Gasteiger partial charge in [-0.15, -0.1) is 0 Å². The van der Waals surface area contributed by atoms with Gasteiger partial charge < -0.3 is 10.2 Å². The molecule has 0 unspecified atom stereocenters. The summed E-state index contributed by atoms with van der Waals surface area (Å²) >= 11 is 1.32. The molecule has 0 bridgehead atoms. The van der Waals surface area contributed by atoms with Gasteiger partial charge >= 0.3 is 0 Å². The zero-order valence-electron chi connectivity index (χ0n) is 10.7. The number of aliphatic hydroxyl groups excluding tert-OH is 2. The SMILES string of the molecule is O=C1C(O)=C(O)C(=O)c2c(Sc3ccccc3)cccc21. The number of hydrogen-bond acceptors (Lipinski definition) is 5. The maximum atomic E-state index is 12.2. The molecule has 2 aromatic carbocycles. The summed E-state index contributed by atoms with van der Waals surface area (Å²) in [5, 5.41) is 19.1. The Bertz CT molecular complexity index is 778.